The first-order valence-electron chi connectivity index (χ1n) is 9.34. The summed E-state index contributed by atoms with van der Waals surface area (Å²) in [5.41, 5.74) is 1.04. The van der Waals surface area contributed by atoms with Gasteiger partial charge in [-0.3, -0.25) is 0 Å². The molecule has 1 N–H and O–H groups in total. The van der Waals surface area contributed by atoms with Gasteiger partial charge in [0.05, 0.1) is 5.56 Å². The zero-order chi connectivity index (χ0) is 20.1. The van der Waals surface area contributed by atoms with E-state index in [0.29, 0.717) is 31.9 Å². The number of amides is 2. The van der Waals surface area contributed by atoms with E-state index in [1.165, 1.54) is 6.07 Å². The Kier molecular flexibility index (Phi) is 6.11. The van der Waals surface area contributed by atoms with E-state index in [4.69, 9.17) is 0 Å². The molecule has 1 atom stereocenters. The maximum Gasteiger partial charge on any atom is 0.416 e. The van der Waals surface area contributed by atoms with E-state index in [1.807, 2.05) is 42.2 Å². The molecule has 28 heavy (non-hydrogen) atoms. The van der Waals surface area contributed by atoms with Crippen molar-refractivity contribution in [2.24, 2.45) is 0 Å². The van der Waals surface area contributed by atoms with E-state index in [-0.39, 0.29) is 12.1 Å². The minimum Gasteiger partial charge on any atom is -0.368 e. The van der Waals surface area contributed by atoms with Crippen molar-refractivity contribution in [1.29, 1.82) is 0 Å². The van der Waals surface area contributed by atoms with E-state index >= 15 is 0 Å². The number of piperazine rings is 1. The molecule has 1 fully saturated rings. The lowest BCUT2D eigenvalue weighted by atomic mass is 10.1. The Morgan fingerprint density at radius 1 is 1.04 bits per heavy atom. The van der Waals surface area contributed by atoms with Gasteiger partial charge in [0.25, 0.3) is 0 Å². The van der Waals surface area contributed by atoms with Crippen LogP contribution >= 0.6 is 0 Å². The Morgan fingerprint density at radius 3 is 2.36 bits per heavy atom. The SMILES string of the molecule is C[C@@H](Cc1ccccc1)NC(=O)N1CCN(c2cccc(C(F)(F)F)c2)CC1. The molecule has 150 valence electrons. The van der Waals surface area contributed by atoms with Gasteiger partial charge in [-0.25, -0.2) is 4.79 Å². The molecule has 2 aromatic rings. The monoisotopic (exact) mass is 391 g/mol. The van der Waals surface area contributed by atoms with E-state index < -0.39 is 11.7 Å². The van der Waals surface area contributed by atoms with Gasteiger partial charge in [-0.2, -0.15) is 13.2 Å². The molecule has 3 rings (SSSR count). The lowest BCUT2D eigenvalue weighted by Crippen LogP contribution is -2.53. The van der Waals surface area contributed by atoms with Gasteiger partial charge < -0.3 is 15.1 Å². The third-order valence-electron chi connectivity index (χ3n) is 4.86. The topological polar surface area (TPSA) is 35.6 Å². The fraction of sp³-hybridized carbons (Fsp3) is 0.381. The van der Waals surface area contributed by atoms with E-state index in [0.717, 1.165) is 24.1 Å². The van der Waals surface area contributed by atoms with Gasteiger partial charge >= 0.3 is 12.2 Å². The first-order valence-corrected chi connectivity index (χ1v) is 9.34. The van der Waals surface area contributed by atoms with Gasteiger partial charge in [0.15, 0.2) is 0 Å². The average Bonchev–Trinajstić information content (AvgIpc) is 2.68. The van der Waals surface area contributed by atoms with Gasteiger partial charge in [-0.05, 0) is 37.1 Å². The molecule has 0 bridgehead atoms. The average molecular weight is 391 g/mol. The van der Waals surface area contributed by atoms with Gasteiger partial charge in [-0.1, -0.05) is 36.4 Å². The highest BCUT2D eigenvalue weighted by Crippen LogP contribution is 2.31. The number of carbonyl (C=O) groups excluding carboxylic acids is 1. The second-order valence-electron chi connectivity index (χ2n) is 7.06. The number of anilines is 1. The maximum absolute atomic E-state index is 12.9. The molecule has 2 amide bonds. The van der Waals surface area contributed by atoms with Crippen molar-refractivity contribution in [3.8, 4) is 0 Å². The molecule has 2 aromatic carbocycles. The highest BCUT2D eigenvalue weighted by atomic mass is 19.4. The number of halogens is 3. The largest absolute Gasteiger partial charge is 0.416 e. The van der Waals surface area contributed by atoms with Crippen LogP contribution in [0.3, 0.4) is 0 Å². The Bertz CT molecular complexity index is 787. The standard InChI is InChI=1S/C21H24F3N3O/c1-16(14-17-6-3-2-4-7-17)25-20(28)27-12-10-26(11-13-27)19-9-5-8-18(15-19)21(22,23)24/h2-9,15-16H,10-14H2,1H3,(H,25,28)/t16-/m0/s1. The third-order valence-corrected chi connectivity index (χ3v) is 4.86. The zero-order valence-corrected chi connectivity index (χ0v) is 15.7. The molecule has 0 saturated carbocycles. The third kappa shape index (κ3) is 5.18. The summed E-state index contributed by atoms with van der Waals surface area (Å²) in [7, 11) is 0. The van der Waals surface area contributed by atoms with Crippen molar-refractivity contribution < 1.29 is 18.0 Å². The van der Waals surface area contributed by atoms with Crippen molar-refractivity contribution in [2.75, 3.05) is 31.1 Å². The Morgan fingerprint density at radius 2 is 1.71 bits per heavy atom. The normalized spacial score (nSPS) is 16.0. The number of urea groups is 1. The summed E-state index contributed by atoms with van der Waals surface area (Å²) in [5, 5.41) is 3.00. The van der Waals surface area contributed by atoms with Crippen LogP contribution in [0.4, 0.5) is 23.7 Å². The van der Waals surface area contributed by atoms with Crippen LogP contribution in [0.25, 0.3) is 0 Å². The number of alkyl halides is 3. The molecule has 4 nitrogen and oxygen atoms in total. The lowest BCUT2D eigenvalue weighted by molar-refractivity contribution is -0.137. The summed E-state index contributed by atoms with van der Waals surface area (Å²) < 4.78 is 38.7. The molecule has 0 spiro atoms. The van der Waals surface area contributed by atoms with E-state index in [1.54, 1.807) is 11.0 Å². The number of nitrogens with zero attached hydrogens (tertiary/aromatic N) is 2. The number of rotatable bonds is 4. The fourth-order valence-corrected chi connectivity index (χ4v) is 3.37. The van der Waals surface area contributed by atoms with Crippen LogP contribution in [-0.2, 0) is 12.6 Å². The first-order chi connectivity index (χ1) is 13.3. The van der Waals surface area contributed by atoms with Crippen LogP contribution in [0.15, 0.2) is 54.6 Å². The predicted octanol–water partition coefficient (Wildman–Crippen LogP) is 4.17. The first kappa shape index (κ1) is 20.0. The molecule has 0 aliphatic carbocycles. The number of hydrogen-bond donors (Lipinski definition) is 1. The van der Waals surface area contributed by atoms with Crippen molar-refractivity contribution >= 4 is 11.7 Å². The molecule has 0 radical (unpaired) electrons. The van der Waals surface area contributed by atoms with Crippen molar-refractivity contribution in [3.63, 3.8) is 0 Å². The molecular weight excluding hydrogens is 367 g/mol. The summed E-state index contributed by atoms with van der Waals surface area (Å²) in [6.45, 7) is 3.91. The van der Waals surface area contributed by atoms with Gasteiger partial charge in [0.2, 0.25) is 0 Å². The highest BCUT2D eigenvalue weighted by Gasteiger charge is 2.31. The van der Waals surface area contributed by atoms with Gasteiger partial charge in [-0.15, -0.1) is 0 Å². The Hall–Kier alpha value is -2.70. The number of benzene rings is 2. The summed E-state index contributed by atoms with van der Waals surface area (Å²) in [6, 6.07) is 15.1. The molecule has 1 aliphatic rings. The smallest absolute Gasteiger partial charge is 0.368 e. The second-order valence-corrected chi connectivity index (χ2v) is 7.06. The molecule has 1 saturated heterocycles. The van der Waals surface area contributed by atoms with Crippen LogP contribution in [-0.4, -0.2) is 43.2 Å². The van der Waals surface area contributed by atoms with Crippen molar-refractivity contribution in [1.82, 2.24) is 10.2 Å². The predicted molar refractivity (Wildman–Crippen MR) is 103 cm³/mol. The number of hydrogen-bond acceptors (Lipinski definition) is 2. The van der Waals surface area contributed by atoms with Crippen molar-refractivity contribution in [3.05, 3.63) is 65.7 Å². The van der Waals surface area contributed by atoms with Gasteiger partial charge in [0, 0.05) is 37.9 Å². The molecule has 0 aromatic heterocycles. The maximum atomic E-state index is 12.9. The fourth-order valence-electron chi connectivity index (χ4n) is 3.37. The Labute approximate surface area is 162 Å². The zero-order valence-electron chi connectivity index (χ0n) is 15.7. The second kappa shape index (κ2) is 8.54. The van der Waals surface area contributed by atoms with Crippen LogP contribution in [0.2, 0.25) is 0 Å². The highest BCUT2D eigenvalue weighted by molar-refractivity contribution is 5.75. The van der Waals surface area contributed by atoms with Crippen molar-refractivity contribution in [2.45, 2.75) is 25.6 Å². The molecule has 7 heteroatoms. The van der Waals surface area contributed by atoms with Gasteiger partial charge in [0.1, 0.15) is 0 Å². The minimum absolute atomic E-state index is 0.00334. The minimum atomic E-state index is -4.35. The van der Waals surface area contributed by atoms with Crippen LogP contribution in [0, 0.1) is 0 Å². The van der Waals surface area contributed by atoms with Crippen LogP contribution < -0.4 is 10.2 Å². The quantitative estimate of drug-likeness (QED) is 0.849. The summed E-state index contributed by atoms with van der Waals surface area (Å²) >= 11 is 0. The molecular formula is C21H24F3N3O. The summed E-state index contributed by atoms with van der Waals surface area (Å²) in [5.74, 6) is 0. The van der Waals surface area contributed by atoms with E-state index in [9.17, 15) is 18.0 Å². The number of nitrogens with one attached hydrogen (secondary N) is 1. The Balaban J connectivity index is 1.51. The lowest BCUT2D eigenvalue weighted by Gasteiger charge is -2.36. The van der Waals surface area contributed by atoms with E-state index in [2.05, 4.69) is 5.32 Å². The number of carbonyl (C=O) groups is 1. The summed E-state index contributed by atoms with van der Waals surface area (Å²) in [4.78, 5) is 16.1. The molecule has 0 unspecified atom stereocenters. The van der Waals surface area contributed by atoms with Crippen LogP contribution in [0.1, 0.15) is 18.1 Å². The molecule has 1 heterocycles. The summed E-state index contributed by atoms with van der Waals surface area (Å²) in [6.07, 6.45) is -3.61. The molecule has 1 aliphatic heterocycles. The van der Waals surface area contributed by atoms with Crippen LogP contribution in [0.5, 0.6) is 0 Å².